The molecule has 0 aliphatic heterocycles. The van der Waals surface area contributed by atoms with Gasteiger partial charge in [-0.25, -0.2) is 0 Å². The van der Waals surface area contributed by atoms with Crippen molar-refractivity contribution in [3.05, 3.63) is 254 Å². The SMILES string of the molecule is [2H]c1c([2H])c([2H])c(-c2c([2H])c([2H])c(-c3c([2H])c([2H])c(N(c4ccc(-c5cccc(-n6c7ccccc7c7ccccc76)c5)cc4)c4ccccc4-c4cccc5c4oc4c6ccccc6ccc54)c([2H])c3[2H])c([2H])c2[2H])c([2H])c1[2H]. The van der Waals surface area contributed by atoms with E-state index in [1.54, 1.807) is 4.90 Å². The molecule has 314 valence electrons. The summed E-state index contributed by atoms with van der Waals surface area (Å²) in [4.78, 5) is 1.66. The number of furan rings is 1. The maximum atomic E-state index is 9.86. The van der Waals surface area contributed by atoms with Crippen molar-refractivity contribution in [2.75, 3.05) is 4.90 Å². The Labute approximate surface area is 406 Å². The van der Waals surface area contributed by atoms with Gasteiger partial charge in [0.2, 0.25) is 0 Å². The molecule has 0 atom stereocenters. The Morgan fingerprint density at radius 3 is 1.66 bits per heavy atom. The molecule has 0 saturated carbocycles. The lowest BCUT2D eigenvalue weighted by atomic mass is 9.98. The van der Waals surface area contributed by atoms with Crippen LogP contribution in [0.4, 0.5) is 17.1 Å². The maximum absolute atomic E-state index is 9.86. The molecule has 13 aromatic rings. The molecular formula is C64H42N2O. The van der Waals surface area contributed by atoms with Gasteiger partial charge in [0.05, 0.1) is 34.5 Å². The molecule has 0 unspecified atom stereocenters. The highest BCUT2D eigenvalue weighted by molar-refractivity contribution is 6.18. The molecule has 67 heavy (non-hydrogen) atoms. The normalized spacial score (nSPS) is 14.3. The van der Waals surface area contributed by atoms with E-state index in [4.69, 9.17) is 14.0 Å². The molecule has 0 saturated heterocycles. The molecule has 11 aromatic carbocycles. The average molecular weight is 868 g/mol. The van der Waals surface area contributed by atoms with Gasteiger partial charge in [-0.2, -0.15) is 0 Å². The molecule has 3 heteroatoms. The van der Waals surface area contributed by atoms with Crippen molar-refractivity contribution in [1.29, 1.82) is 0 Å². The Morgan fingerprint density at radius 2 is 0.925 bits per heavy atom. The number of hydrogen-bond acceptors (Lipinski definition) is 2. The highest BCUT2D eigenvalue weighted by Gasteiger charge is 2.21. The fourth-order valence-corrected chi connectivity index (χ4v) is 9.33. The average Bonchev–Trinajstić information content (AvgIpc) is 4.07. The summed E-state index contributed by atoms with van der Waals surface area (Å²) < 4.78 is 126. The zero-order chi connectivity index (χ0) is 55.6. The second kappa shape index (κ2) is 16.0. The van der Waals surface area contributed by atoms with E-state index in [1.807, 2.05) is 133 Å². The minimum absolute atomic E-state index is 0.175. The van der Waals surface area contributed by atoms with Crippen molar-refractivity contribution in [2.45, 2.75) is 0 Å². The summed E-state index contributed by atoms with van der Waals surface area (Å²) in [6.07, 6.45) is 0. The lowest BCUT2D eigenvalue weighted by Gasteiger charge is -2.28. The minimum atomic E-state index is -0.788. The number of nitrogens with zero attached hydrogens (tertiary/aromatic N) is 2. The Hall–Kier alpha value is -8.92. The van der Waals surface area contributed by atoms with Crippen LogP contribution in [0.1, 0.15) is 17.8 Å². The van der Waals surface area contributed by atoms with Crippen molar-refractivity contribution in [2.24, 2.45) is 0 Å². The lowest BCUT2D eigenvalue weighted by molar-refractivity contribution is 0.674. The molecule has 0 N–H and O–H groups in total. The van der Waals surface area contributed by atoms with Crippen molar-refractivity contribution in [1.82, 2.24) is 4.57 Å². The van der Waals surface area contributed by atoms with Crippen LogP contribution in [0.3, 0.4) is 0 Å². The van der Waals surface area contributed by atoms with Gasteiger partial charge in [-0.1, -0.05) is 194 Å². The molecule has 0 radical (unpaired) electrons. The van der Waals surface area contributed by atoms with E-state index in [1.165, 1.54) is 0 Å². The second-order valence-electron chi connectivity index (χ2n) is 16.2. The summed E-state index contributed by atoms with van der Waals surface area (Å²) in [7, 11) is 0. The lowest BCUT2D eigenvalue weighted by Crippen LogP contribution is -2.11. The third-order valence-corrected chi connectivity index (χ3v) is 12.4. The molecule has 0 aliphatic rings. The predicted octanol–water partition coefficient (Wildman–Crippen LogP) is 18.0. The fourth-order valence-electron chi connectivity index (χ4n) is 9.33. The number of benzene rings is 11. The fraction of sp³-hybridized carbons (Fsp3) is 0. The number of para-hydroxylation sites is 4. The first-order valence-electron chi connectivity index (χ1n) is 28.4. The van der Waals surface area contributed by atoms with Crippen LogP contribution in [0.2, 0.25) is 0 Å². The zero-order valence-electron chi connectivity index (χ0n) is 48.5. The first-order chi connectivity index (χ1) is 38.7. The third-order valence-electron chi connectivity index (χ3n) is 12.4. The Bertz CT molecular complexity index is 4640. The number of fused-ring (bicyclic) bond motifs is 8. The van der Waals surface area contributed by atoms with Crippen LogP contribution in [-0.4, -0.2) is 4.57 Å². The van der Waals surface area contributed by atoms with Crippen LogP contribution in [-0.2, 0) is 0 Å². The molecule has 2 heterocycles. The number of rotatable bonds is 8. The van der Waals surface area contributed by atoms with E-state index in [2.05, 4.69) is 47.0 Å². The van der Waals surface area contributed by atoms with Crippen LogP contribution in [0.5, 0.6) is 0 Å². The van der Waals surface area contributed by atoms with E-state index in [0.717, 1.165) is 60.2 Å². The van der Waals surface area contributed by atoms with Gasteiger partial charge in [-0.3, -0.25) is 0 Å². The van der Waals surface area contributed by atoms with Gasteiger partial charge in [-0.15, -0.1) is 0 Å². The minimum Gasteiger partial charge on any atom is -0.455 e. The highest BCUT2D eigenvalue weighted by Crippen LogP contribution is 2.46. The summed E-state index contributed by atoms with van der Waals surface area (Å²) in [5.74, 6) is 0. The van der Waals surface area contributed by atoms with E-state index < -0.39 is 101 Å². The maximum Gasteiger partial charge on any atom is 0.143 e. The number of aromatic nitrogens is 1. The Morgan fingerprint density at radius 1 is 0.358 bits per heavy atom. The van der Waals surface area contributed by atoms with Crippen LogP contribution < -0.4 is 4.90 Å². The molecule has 0 aliphatic carbocycles. The quantitative estimate of drug-likeness (QED) is 0.152. The molecule has 0 amide bonds. The predicted molar refractivity (Wildman–Crippen MR) is 282 cm³/mol. The van der Waals surface area contributed by atoms with Gasteiger partial charge < -0.3 is 13.9 Å². The van der Waals surface area contributed by atoms with E-state index in [-0.39, 0.29) is 5.69 Å². The standard InChI is InChI=1S/C64H42N2O/c1-2-14-43(15-3-1)44-28-30-45(31-29-44)46-32-37-50(38-33-46)65(60-25-9-8-22-56(60)57-23-13-24-58-59-41-36-48-16-4-5-19-53(48)63(59)67-64(57)58)51-39-34-47(35-40-51)49-17-12-18-52(42-49)66-61-26-10-6-20-54(61)55-21-7-11-27-62(55)66/h1-42H/i1D,2D,3D,14D,15D,28D,29D,30D,31D,32D,33D,37D,38D. The zero-order valence-corrected chi connectivity index (χ0v) is 35.5. The van der Waals surface area contributed by atoms with Gasteiger partial charge in [0.15, 0.2) is 0 Å². The monoisotopic (exact) mass is 867 g/mol. The van der Waals surface area contributed by atoms with Crippen molar-refractivity contribution >= 4 is 71.6 Å². The van der Waals surface area contributed by atoms with E-state index >= 15 is 0 Å². The smallest absolute Gasteiger partial charge is 0.143 e. The molecular weight excluding hydrogens is 813 g/mol. The largest absolute Gasteiger partial charge is 0.455 e. The van der Waals surface area contributed by atoms with Crippen LogP contribution in [0, 0.1) is 0 Å². The summed E-state index contributed by atoms with van der Waals surface area (Å²) in [5.41, 5.74) is 6.07. The van der Waals surface area contributed by atoms with Gasteiger partial charge in [0, 0.05) is 55.1 Å². The summed E-state index contributed by atoms with van der Waals surface area (Å²) in [6.45, 7) is 0. The highest BCUT2D eigenvalue weighted by atomic mass is 16.3. The van der Waals surface area contributed by atoms with Crippen LogP contribution in [0.15, 0.2) is 259 Å². The summed E-state index contributed by atoms with van der Waals surface area (Å²) in [6, 6.07) is 48.6. The van der Waals surface area contributed by atoms with Crippen LogP contribution >= 0.6 is 0 Å². The van der Waals surface area contributed by atoms with Gasteiger partial charge in [-0.05, 0) is 99.4 Å². The molecule has 3 nitrogen and oxygen atoms in total. The van der Waals surface area contributed by atoms with Gasteiger partial charge in [0.25, 0.3) is 0 Å². The Balaban J connectivity index is 1.01. The topological polar surface area (TPSA) is 21.3 Å². The van der Waals surface area contributed by atoms with Crippen molar-refractivity contribution in [3.8, 4) is 50.2 Å². The summed E-state index contributed by atoms with van der Waals surface area (Å²) >= 11 is 0. The molecule has 13 rings (SSSR count). The first-order valence-corrected chi connectivity index (χ1v) is 21.9. The van der Waals surface area contributed by atoms with Gasteiger partial charge in [0.1, 0.15) is 11.2 Å². The number of anilines is 3. The summed E-state index contributed by atoms with van der Waals surface area (Å²) in [5, 5.41) is 6.01. The van der Waals surface area contributed by atoms with Crippen molar-refractivity contribution in [3.63, 3.8) is 0 Å². The van der Waals surface area contributed by atoms with E-state index in [9.17, 15) is 8.22 Å². The van der Waals surface area contributed by atoms with Gasteiger partial charge >= 0.3 is 0 Å². The molecule has 2 aromatic heterocycles. The van der Waals surface area contributed by atoms with E-state index in [0.29, 0.717) is 33.7 Å². The molecule has 0 bridgehead atoms. The molecule has 0 fully saturated rings. The Kier molecular flexibility index (Phi) is 6.53. The number of hydrogen-bond donors (Lipinski definition) is 0. The molecule has 0 spiro atoms. The third kappa shape index (κ3) is 6.59. The first kappa shape index (κ1) is 27.4. The van der Waals surface area contributed by atoms with Crippen molar-refractivity contribution < 1.29 is 22.2 Å². The second-order valence-corrected chi connectivity index (χ2v) is 16.2. The van der Waals surface area contributed by atoms with Crippen LogP contribution in [0.25, 0.3) is 105 Å².